The standard InChI is InChI=1S/C16H23NO2/c1-2-3-11-17(14-9-10-14)12-15(16(18)19)13-7-5-4-6-8-13/h4-8,14-15H,2-3,9-12H2,1H3,(H,18,19). The van der Waals surface area contributed by atoms with Crippen molar-refractivity contribution in [3.8, 4) is 0 Å². The Morgan fingerprint density at radius 1 is 1.37 bits per heavy atom. The van der Waals surface area contributed by atoms with E-state index in [1.165, 1.54) is 12.8 Å². The van der Waals surface area contributed by atoms with E-state index in [0.717, 1.165) is 24.9 Å². The van der Waals surface area contributed by atoms with Crippen LogP contribution in [0.15, 0.2) is 30.3 Å². The van der Waals surface area contributed by atoms with Gasteiger partial charge in [-0.3, -0.25) is 9.69 Å². The van der Waals surface area contributed by atoms with E-state index in [9.17, 15) is 9.90 Å². The highest BCUT2D eigenvalue weighted by molar-refractivity contribution is 5.76. The molecule has 0 aromatic heterocycles. The van der Waals surface area contributed by atoms with Gasteiger partial charge >= 0.3 is 5.97 Å². The smallest absolute Gasteiger partial charge is 0.312 e. The number of carbonyl (C=O) groups is 1. The van der Waals surface area contributed by atoms with Crippen molar-refractivity contribution in [3.63, 3.8) is 0 Å². The summed E-state index contributed by atoms with van der Waals surface area (Å²) < 4.78 is 0. The maximum Gasteiger partial charge on any atom is 0.312 e. The second-order valence-corrected chi connectivity index (χ2v) is 5.38. The molecule has 0 spiro atoms. The molecule has 3 nitrogen and oxygen atoms in total. The number of aliphatic carboxylic acids is 1. The Morgan fingerprint density at radius 3 is 2.58 bits per heavy atom. The second-order valence-electron chi connectivity index (χ2n) is 5.38. The highest BCUT2D eigenvalue weighted by atomic mass is 16.4. The van der Waals surface area contributed by atoms with Crippen LogP contribution in [0.25, 0.3) is 0 Å². The van der Waals surface area contributed by atoms with Crippen LogP contribution in [0.2, 0.25) is 0 Å². The Bertz CT molecular complexity index is 400. The van der Waals surface area contributed by atoms with Crippen molar-refractivity contribution in [2.45, 2.75) is 44.6 Å². The minimum Gasteiger partial charge on any atom is -0.481 e. The van der Waals surface area contributed by atoms with Crippen LogP contribution >= 0.6 is 0 Å². The Hall–Kier alpha value is -1.35. The molecule has 1 unspecified atom stereocenters. The van der Waals surface area contributed by atoms with E-state index in [4.69, 9.17) is 0 Å². The fourth-order valence-corrected chi connectivity index (χ4v) is 2.47. The Morgan fingerprint density at radius 2 is 2.05 bits per heavy atom. The zero-order valence-corrected chi connectivity index (χ0v) is 11.6. The van der Waals surface area contributed by atoms with E-state index < -0.39 is 11.9 Å². The van der Waals surface area contributed by atoms with Crippen LogP contribution in [-0.4, -0.2) is 35.1 Å². The lowest BCUT2D eigenvalue weighted by Gasteiger charge is -2.25. The molecule has 104 valence electrons. The van der Waals surface area contributed by atoms with E-state index in [-0.39, 0.29) is 0 Å². The third-order valence-electron chi connectivity index (χ3n) is 3.78. The molecule has 0 saturated heterocycles. The van der Waals surface area contributed by atoms with Crippen LogP contribution in [0.4, 0.5) is 0 Å². The quantitative estimate of drug-likeness (QED) is 0.781. The molecule has 1 N–H and O–H groups in total. The van der Waals surface area contributed by atoms with Gasteiger partial charge in [0.15, 0.2) is 0 Å². The van der Waals surface area contributed by atoms with Crippen molar-refractivity contribution in [1.82, 2.24) is 4.90 Å². The van der Waals surface area contributed by atoms with Crippen LogP contribution < -0.4 is 0 Å². The Balaban J connectivity index is 2.04. The van der Waals surface area contributed by atoms with Gasteiger partial charge in [-0.1, -0.05) is 43.7 Å². The molecule has 1 aromatic rings. The highest BCUT2D eigenvalue weighted by Gasteiger charge is 2.32. The average Bonchev–Trinajstić information content (AvgIpc) is 3.24. The lowest BCUT2D eigenvalue weighted by Crippen LogP contribution is -2.34. The number of hydrogen-bond donors (Lipinski definition) is 1. The number of hydrogen-bond acceptors (Lipinski definition) is 2. The molecular formula is C16H23NO2. The summed E-state index contributed by atoms with van der Waals surface area (Å²) >= 11 is 0. The zero-order valence-electron chi connectivity index (χ0n) is 11.6. The monoisotopic (exact) mass is 261 g/mol. The first-order chi connectivity index (χ1) is 9.22. The van der Waals surface area contributed by atoms with Gasteiger partial charge in [-0.25, -0.2) is 0 Å². The summed E-state index contributed by atoms with van der Waals surface area (Å²) in [6, 6.07) is 10.2. The zero-order chi connectivity index (χ0) is 13.7. The first-order valence-corrected chi connectivity index (χ1v) is 7.24. The molecule has 1 aromatic carbocycles. The van der Waals surface area contributed by atoms with Gasteiger partial charge in [0.05, 0.1) is 5.92 Å². The third-order valence-corrected chi connectivity index (χ3v) is 3.78. The van der Waals surface area contributed by atoms with E-state index in [0.29, 0.717) is 12.6 Å². The summed E-state index contributed by atoms with van der Waals surface area (Å²) in [7, 11) is 0. The van der Waals surface area contributed by atoms with Gasteiger partial charge in [0.1, 0.15) is 0 Å². The fourth-order valence-electron chi connectivity index (χ4n) is 2.47. The van der Waals surface area contributed by atoms with E-state index in [1.807, 2.05) is 30.3 Å². The lowest BCUT2D eigenvalue weighted by molar-refractivity contribution is -0.139. The van der Waals surface area contributed by atoms with Crippen molar-refractivity contribution in [2.75, 3.05) is 13.1 Å². The molecule has 0 radical (unpaired) electrons. The van der Waals surface area contributed by atoms with Gasteiger partial charge < -0.3 is 5.11 Å². The van der Waals surface area contributed by atoms with E-state index >= 15 is 0 Å². The molecule has 1 fully saturated rings. The predicted octanol–water partition coefficient (Wildman–Crippen LogP) is 3.12. The Kier molecular flexibility index (Phi) is 4.97. The van der Waals surface area contributed by atoms with Gasteiger partial charge in [-0.15, -0.1) is 0 Å². The van der Waals surface area contributed by atoms with Crippen LogP contribution in [0.3, 0.4) is 0 Å². The average molecular weight is 261 g/mol. The highest BCUT2D eigenvalue weighted by Crippen LogP contribution is 2.29. The molecule has 0 amide bonds. The first-order valence-electron chi connectivity index (χ1n) is 7.24. The predicted molar refractivity (Wildman–Crippen MR) is 76.3 cm³/mol. The topological polar surface area (TPSA) is 40.5 Å². The molecule has 1 aliphatic carbocycles. The van der Waals surface area contributed by atoms with E-state index in [2.05, 4.69) is 11.8 Å². The molecule has 1 atom stereocenters. The van der Waals surface area contributed by atoms with Crippen molar-refractivity contribution in [1.29, 1.82) is 0 Å². The van der Waals surface area contributed by atoms with Crippen LogP contribution in [0.1, 0.15) is 44.1 Å². The minimum atomic E-state index is -0.714. The lowest BCUT2D eigenvalue weighted by atomic mass is 9.98. The van der Waals surface area contributed by atoms with E-state index in [1.54, 1.807) is 0 Å². The molecular weight excluding hydrogens is 238 g/mol. The largest absolute Gasteiger partial charge is 0.481 e. The molecule has 1 aliphatic rings. The van der Waals surface area contributed by atoms with Crippen LogP contribution in [-0.2, 0) is 4.79 Å². The summed E-state index contributed by atoms with van der Waals surface area (Å²) in [6.07, 6.45) is 4.76. The summed E-state index contributed by atoms with van der Waals surface area (Å²) in [5.74, 6) is -1.12. The van der Waals surface area contributed by atoms with Crippen molar-refractivity contribution in [2.24, 2.45) is 0 Å². The maximum atomic E-state index is 11.5. The normalized spacial score (nSPS) is 16.5. The van der Waals surface area contributed by atoms with Crippen LogP contribution in [0, 0.1) is 0 Å². The number of carboxylic acid groups (broad SMARTS) is 1. The van der Waals surface area contributed by atoms with Crippen molar-refractivity contribution >= 4 is 5.97 Å². The molecule has 3 heteroatoms. The third kappa shape index (κ3) is 4.06. The van der Waals surface area contributed by atoms with Gasteiger partial charge in [0.2, 0.25) is 0 Å². The molecule has 2 rings (SSSR count). The molecule has 0 heterocycles. The summed E-state index contributed by atoms with van der Waals surface area (Å²) in [4.78, 5) is 13.9. The van der Waals surface area contributed by atoms with Crippen LogP contribution in [0.5, 0.6) is 0 Å². The number of rotatable bonds is 8. The SMILES string of the molecule is CCCCN(CC(C(=O)O)c1ccccc1)C1CC1. The number of nitrogens with zero attached hydrogens (tertiary/aromatic N) is 1. The summed E-state index contributed by atoms with van der Waals surface area (Å²) in [6.45, 7) is 3.85. The van der Waals surface area contributed by atoms with Crippen molar-refractivity contribution in [3.05, 3.63) is 35.9 Å². The van der Waals surface area contributed by atoms with Gasteiger partial charge in [-0.05, 0) is 31.4 Å². The molecule has 0 aliphatic heterocycles. The number of carboxylic acids is 1. The maximum absolute atomic E-state index is 11.5. The molecule has 0 bridgehead atoms. The molecule has 1 saturated carbocycles. The van der Waals surface area contributed by atoms with Gasteiger partial charge in [-0.2, -0.15) is 0 Å². The minimum absolute atomic E-state index is 0.404. The number of unbranched alkanes of at least 4 members (excludes halogenated alkanes) is 1. The Labute approximate surface area is 115 Å². The molecule has 19 heavy (non-hydrogen) atoms. The second kappa shape index (κ2) is 6.71. The number of benzene rings is 1. The summed E-state index contributed by atoms with van der Waals surface area (Å²) in [5.41, 5.74) is 0.914. The van der Waals surface area contributed by atoms with Gasteiger partial charge in [0, 0.05) is 12.6 Å². The fraction of sp³-hybridized carbons (Fsp3) is 0.562. The first kappa shape index (κ1) is 14.1. The van der Waals surface area contributed by atoms with Crippen molar-refractivity contribution < 1.29 is 9.90 Å². The summed E-state index contributed by atoms with van der Waals surface area (Å²) in [5, 5.41) is 9.48. The van der Waals surface area contributed by atoms with Gasteiger partial charge in [0.25, 0.3) is 0 Å².